The summed E-state index contributed by atoms with van der Waals surface area (Å²) in [5.41, 5.74) is 8.54. The van der Waals surface area contributed by atoms with E-state index in [2.05, 4.69) is 59.2 Å². The van der Waals surface area contributed by atoms with Crippen LogP contribution in [0.15, 0.2) is 206 Å². The summed E-state index contributed by atoms with van der Waals surface area (Å²) >= 11 is 0. The van der Waals surface area contributed by atoms with Crippen molar-refractivity contribution >= 4 is 38.9 Å². The second-order valence-electron chi connectivity index (χ2n) is 11.9. The molecule has 0 unspecified atom stereocenters. The molecule has 0 aliphatic rings. The first-order valence-electron chi connectivity index (χ1n) is 21.3. The van der Waals surface area contributed by atoms with Crippen LogP contribution in [-0.2, 0) is 0 Å². The lowest BCUT2D eigenvalue weighted by molar-refractivity contribution is 1.18. The third-order valence-corrected chi connectivity index (χ3v) is 8.96. The molecule has 0 amide bonds. The molecule has 0 fully saturated rings. The van der Waals surface area contributed by atoms with Gasteiger partial charge in [-0.15, -0.1) is 0 Å². The maximum Gasteiger partial charge on any atom is 0.0629 e. The number of fused-ring (bicyclic) bond motifs is 3. The Bertz CT molecular complexity index is 2970. The molecule has 0 bridgehead atoms. The fourth-order valence-corrected chi connectivity index (χ4v) is 6.72. The normalized spacial score (nSPS) is 14.0. The Morgan fingerprint density at radius 3 is 1.60 bits per heavy atom. The monoisotopic (exact) mass is 648 g/mol. The third kappa shape index (κ3) is 5.34. The van der Waals surface area contributed by atoms with Gasteiger partial charge in [0, 0.05) is 33.5 Å². The Morgan fingerprint density at radius 1 is 0.400 bits per heavy atom. The Kier molecular flexibility index (Phi) is 5.27. The molecule has 0 radical (unpaired) electrons. The van der Waals surface area contributed by atoms with Crippen LogP contribution in [0.4, 0.5) is 17.1 Å². The molecule has 8 aromatic carbocycles. The SMILES string of the molecule is [2H]c1c([2H])c([2H])c(-c2ccc(N(c3ccc(-c4c([2H])c([2H])c([2H])c([2H])c4[2H])cc3)c3cccc(-c4cccc5c4c4ccccc4n5-c4ccccc4)c3)cc2)c([2H])c1[2H]. The fraction of sp³-hybridized carbons (Fsp3) is 0. The number of nitrogens with zero attached hydrogens (tertiary/aromatic N) is 2. The topological polar surface area (TPSA) is 8.17 Å². The first-order chi connectivity index (χ1) is 29.0. The van der Waals surface area contributed by atoms with Crippen LogP contribution >= 0.6 is 0 Å². The largest absolute Gasteiger partial charge is 0.310 e. The Morgan fingerprint density at radius 2 is 0.960 bits per heavy atom. The zero-order valence-corrected chi connectivity index (χ0v) is 26.8. The van der Waals surface area contributed by atoms with Gasteiger partial charge >= 0.3 is 0 Å². The molecular weight excluding hydrogens is 605 g/mol. The van der Waals surface area contributed by atoms with Gasteiger partial charge in [-0.25, -0.2) is 0 Å². The van der Waals surface area contributed by atoms with Gasteiger partial charge in [0.05, 0.1) is 24.7 Å². The quantitative estimate of drug-likeness (QED) is 0.167. The zero-order valence-electron chi connectivity index (χ0n) is 36.8. The molecule has 9 aromatic rings. The van der Waals surface area contributed by atoms with E-state index in [1.165, 1.54) is 0 Å². The van der Waals surface area contributed by atoms with E-state index in [0.717, 1.165) is 44.3 Å². The minimum absolute atomic E-state index is 0.104. The summed E-state index contributed by atoms with van der Waals surface area (Å²) in [5, 5.41) is 2.22. The van der Waals surface area contributed by atoms with E-state index < -0.39 is 36.3 Å². The standard InChI is InChI=1S/C48H34N2/c1-4-14-35(15-5-1)37-26-30-41(31-27-37)49(42-32-28-38(29-33-42)36-16-6-2-7-17-36)43-21-12-18-39(34-43)44-23-13-25-47-48(44)45-22-10-11-24-46(45)50(47)40-19-8-3-9-20-40/h1-34H/i1D,2D,4D,5D,6D,7D,14D,15D,16D,17D. The number of aromatic nitrogens is 1. The average molecular weight is 649 g/mol. The van der Waals surface area contributed by atoms with Crippen LogP contribution in [0.3, 0.4) is 0 Å². The van der Waals surface area contributed by atoms with Gasteiger partial charge < -0.3 is 9.47 Å². The molecule has 1 aromatic heterocycles. The van der Waals surface area contributed by atoms with E-state index in [4.69, 9.17) is 13.7 Å². The Labute approximate surface area is 306 Å². The second kappa shape index (κ2) is 12.8. The second-order valence-corrected chi connectivity index (χ2v) is 11.9. The van der Waals surface area contributed by atoms with Crippen molar-refractivity contribution < 1.29 is 13.7 Å². The maximum absolute atomic E-state index is 8.56. The van der Waals surface area contributed by atoms with Crippen molar-refractivity contribution in [2.45, 2.75) is 0 Å². The molecule has 0 spiro atoms. The summed E-state index contributed by atoms with van der Waals surface area (Å²) in [4.78, 5) is 2.02. The van der Waals surface area contributed by atoms with Crippen LogP contribution in [0.5, 0.6) is 0 Å². The van der Waals surface area contributed by atoms with Gasteiger partial charge in [-0.3, -0.25) is 0 Å². The number of hydrogen-bond donors (Lipinski definition) is 0. The van der Waals surface area contributed by atoms with Crippen molar-refractivity contribution in [3.8, 4) is 39.1 Å². The molecule has 0 saturated heterocycles. The van der Waals surface area contributed by atoms with Crippen molar-refractivity contribution in [3.05, 3.63) is 206 Å². The van der Waals surface area contributed by atoms with Gasteiger partial charge in [0.25, 0.3) is 0 Å². The molecular formula is C48H34N2. The van der Waals surface area contributed by atoms with E-state index in [-0.39, 0.29) is 35.3 Å². The van der Waals surface area contributed by atoms with Crippen molar-refractivity contribution in [2.24, 2.45) is 0 Å². The van der Waals surface area contributed by atoms with Gasteiger partial charge in [-0.1, -0.05) is 145 Å². The highest BCUT2D eigenvalue weighted by atomic mass is 15.1. The number of para-hydroxylation sites is 2. The molecule has 0 saturated carbocycles. The van der Waals surface area contributed by atoms with Gasteiger partial charge in [-0.2, -0.15) is 0 Å². The molecule has 236 valence electrons. The molecule has 50 heavy (non-hydrogen) atoms. The fourth-order valence-electron chi connectivity index (χ4n) is 6.72. The van der Waals surface area contributed by atoms with Gasteiger partial charge in [0.15, 0.2) is 0 Å². The van der Waals surface area contributed by atoms with E-state index in [1.807, 2.05) is 71.6 Å². The zero-order chi connectivity index (χ0) is 42.0. The first kappa shape index (κ1) is 20.7. The first-order valence-corrected chi connectivity index (χ1v) is 16.3. The van der Waals surface area contributed by atoms with Crippen LogP contribution < -0.4 is 4.90 Å². The summed E-state index contributed by atoms with van der Waals surface area (Å²) in [6, 6.07) is 43.7. The minimum atomic E-state index is -0.455. The molecule has 0 atom stereocenters. The Balaban J connectivity index is 1.21. The highest BCUT2D eigenvalue weighted by Crippen LogP contribution is 2.42. The van der Waals surface area contributed by atoms with Crippen molar-refractivity contribution in [1.29, 1.82) is 0 Å². The predicted molar refractivity (Wildman–Crippen MR) is 212 cm³/mol. The van der Waals surface area contributed by atoms with E-state index in [9.17, 15) is 0 Å². The molecule has 0 aliphatic heterocycles. The third-order valence-electron chi connectivity index (χ3n) is 8.96. The minimum Gasteiger partial charge on any atom is -0.310 e. The van der Waals surface area contributed by atoms with Gasteiger partial charge in [0.1, 0.15) is 0 Å². The Hall–Kier alpha value is -6.64. The van der Waals surface area contributed by atoms with Crippen LogP contribution in [-0.4, -0.2) is 4.57 Å². The predicted octanol–water partition coefficient (Wildman–Crippen LogP) is 13.3. The van der Waals surface area contributed by atoms with Crippen molar-refractivity contribution in [2.75, 3.05) is 4.90 Å². The average Bonchev–Trinajstić information content (AvgIpc) is 3.62. The van der Waals surface area contributed by atoms with Crippen LogP contribution in [0.25, 0.3) is 60.9 Å². The summed E-state index contributed by atoms with van der Waals surface area (Å²) in [5.74, 6) is 0. The molecule has 2 heteroatoms. The summed E-state index contributed by atoms with van der Waals surface area (Å²) in [7, 11) is 0. The lowest BCUT2D eigenvalue weighted by Gasteiger charge is -2.26. The smallest absolute Gasteiger partial charge is 0.0629 e. The van der Waals surface area contributed by atoms with E-state index in [1.54, 1.807) is 24.3 Å². The van der Waals surface area contributed by atoms with Crippen molar-refractivity contribution in [3.63, 3.8) is 0 Å². The van der Waals surface area contributed by atoms with Crippen LogP contribution in [0.2, 0.25) is 0 Å². The number of rotatable bonds is 7. The molecule has 2 nitrogen and oxygen atoms in total. The van der Waals surface area contributed by atoms with Gasteiger partial charge in [-0.05, 0) is 94.0 Å². The van der Waals surface area contributed by atoms with E-state index in [0.29, 0.717) is 22.5 Å². The summed E-state index contributed by atoms with van der Waals surface area (Å²) < 4.78 is 85.5. The maximum atomic E-state index is 8.56. The lowest BCUT2D eigenvalue weighted by atomic mass is 9.98. The molecule has 9 rings (SSSR count). The van der Waals surface area contributed by atoms with Gasteiger partial charge in [0.2, 0.25) is 0 Å². The molecule has 1 heterocycles. The van der Waals surface area contributed by atoms with Crippen molar-refractivity contribution in [1.82, 2.24) is 4.57 Å². The molecule has 0 aliphatic carbocycles. The number of anilines is 3. The molecule has 0 N–H and O–H groups in total. The highest BCUT2D eigenvalue weighted by molar-refractivity contribution is 6.15. The summed E-state index contributed by atoms with van der Waals surface area (Å²) in [6.07, 6.45) is 0. The number of benzene rings is 8. The highest BCUT2D eigenvalue weighted by Gasteiger charge is 2.18. The van der Waals surface area contributed by atoms with E-state index >= 15 is 0 Å². The number of hydrogen-bond acceptors (Lipinski definition) is 1. The lowest BCUT2D eigenvalue weighted by Crippen LogP contribution is -2.10. The van der Waals surface area contributed by atoms with Crippen LogP contribution in [0.1, 0.15) is 13.7 Å². The van der Waals surface area contributed by atoms with Crippen LogP contribution in [0, 0.1) is 0 Å². The summed E-state index contributed by atoms with van der Waals surface area (Å²) in [6.45, 7) is 0.